The molecule has 0 amide bonds. The number of hydrogen-bond donors (Lipinski definition) is 1. The molecule has 0 radical (unpaired) electrons. The second-order valence-corrected chi connectivity index (χ2v) is 4.69. The lowest BCUT2D eigenvalue weighted by Crippen LogP contribution is -2.30. The van der Waals surface area contributed by atoms with E-state index in [-0.39, 0.29) is 0 Å². The van der Waals surface area contributed by atoms with E-state index in [1.165, 1.54) is 11.4 Å². The van der Waals surface area contributed by atoms with E-state index in [2.05, 4.69) is 55.8 Å². The fourth-order valence-corrected chi connectivity index (χ4v) is 1.80. The van der Waals surface area contributed by atoms with Crippen molar-refractivity contribution in [3.05, 3.63) is 17.5 Å². The number of hydrogen-bond acceptors (Lipinski definition) is 2. The maximum atomic E-state index is 4.65. The minimum absolute atomic E-state index is 0.428. The van der Waals surface area contributed by atoms with E-state index in [0.717, 1.165) is 19.4 Å². The van der Waals surface area contributed by atoms with Crippen LogP contribution in [0.15, 0.2) is 6.07 Å². The van der Waals surface area contributed by atoms with Crippen LogP contribution in [0.4, 0.5) is 0 Å². The highest BCUT2D eigenvalue weighted by molar-refractivity contribution is 5.11. The van der Waals surface area contributed by atoms with E-state index in [1.807, 2.05) is 0 Å². The molecule has 16 heavy (non-hydrogen) atoms. The summed E-state index contributed by atoms with van der Waals surface area (Å²) in [5.74, 6) is 0. The molecule has 3 heteroatoms. The molecule has 0 fully saturated rings. The lowest BCUT2D eigenvalue weighted by molar-refractivity contribution is 0.421. The molecule has 0 aliphatic heterocycles. The zero-order valence-corrected chi connectivity index (χ0v) is 11.2. The standard InChI is InChI=1S/C13H25N3/c1-6-12-8-13(7-2)16(15-12)11(5)9-14-10(3)4/h8,10-11,14H,6-7,9H2,1-5H3. The number of aromatic nitrogens is 2. The van der Waals surface area contributed by atoms with Crippen LogP contribution < -0.4 is 5.32 Å². The SMILES string of the molecule is CCc1cc(CC)n(C(C)CNC(C)C)n1. The molecule has 1 unspecified atom stereocenters. The number of aryl methyl sites for hydroxylation is 2. The highest BCUT2D eigenvalue weighted by Crippen LogP contribution is 2.12. The predicted octanol–water partition coefficient (Wildman–Crippen LogP) is 2.57. The maximum absolute atomic E-state index is 4.65. The summed E-state index contributed by atoms with van der Waals surface area (Å²) in [6.45, 7) is 11.9. The molecule has 0 saturated carbocycles. The molecule has 1 atom stereocenters. The molecule has 92 valence electrons. The first kappa shape index (κ1) is 13.2. The van der Waals surface area contributed by atoms with Crippen molar-refractivity contribution in [2.45, 2.75) is 59.5 Å². The van der Waals surface area contributed by atoms with Gasteiger partial charge in [-0.2, -0.15) is 5.10 Å². The van der Waals surface area contributed by atoms with Gasteiger partial charge in [-0.3, -0.25) is 4.68 Å². The van der Waals surface area contributed by atoms with Crippen LogP contribution in [-0.2, 0) is 12.8 Å². The van der Waals surface area contributed by atoms with Gasteiger partial charge in [0.15, 0.2) is 0 Å². The van der Waals surface area contributed by atoms with Crippen molar-refractivity contribution in [1.82, 2.24) is 15.1 Å². The van der Waals surface area contributed by atoms with Gasteiger partial charge in [-0.15, -0.1) is 0 Å². The van der Waals surface area contributed by atoms with Gasteiger partial charge < -0.3 is 5.32 Å². The van der Waals surface area contributed by atoms with Gasteiger partial charge in [-0.25, -0.2) is 0 Å². The Bertz CT molecular complexity index is 315. The predicted molar refractivity (Wildman–Crippen MR) is 68.8 cm³/mol. The minimum atomic E-state index is 0.428. The van der Waals surface area contributed by atoms with E-state index < -0.39 is 0 Å². The van der Waals surface area contributed by atoms with Crippen molar-refractivity contribution in [2.75, 3.05) is 6.54 Å². The summed E-state index contributed by atoms with van der Waals surface area (Å²) in [5.41, 5.74) is 2.54. The Morgan fingerprint density at radius 3 is 2.44 bits per heavy atom. The average Bonchev–Trinajstić information content (AvgIpc) is 2.68. The van der Waals surface area contributed by atoms with Crippen molar-refractivity contribution < 1.29 is 0 Å². The topological polar surface area (TPSA) is 29.9 Å². The zero-order valence-electron chi connectivity index (χ0n) is 11.2. The summed E-state index contributed by atoms with van der Waals surface area (Å²) in [6, 6.07) is 3.19. The fraction of sp³-hybridized carbons (Fsp3) is 0.769. The molecule has 1 rings (SSSR count). The molecule has 1 N–H and O–H groups in total. The van der Waals surface area contributed by atoms with E-state index in [0.29, 0.717) is 12.1 Å². The van der Waals surface area contributed by atoms with Gasteiger partial charge >= 0.3 is 0 Å². The summed E-state index contributed by atoms with van der Waals surface area (Å²) in [5, 5.41) is 8.12. The third-order valence-electron chi connectivity index (χ3n) is 2.83. The first-order valence-corrected chi connectivity index (χ1v) is 6.39. The monoisotopic (exact) mass is 223 g/mol. The third kappa shape index (κ3) is 3.34. The largest absolute Gasteiger partial charge is 0.312 e. The Balaban J connectivity index is 2.72. The lowest BCUT2D eigenvalue weighted by atomic mass is 10.2. The Hall–Kier alpha value is -0.830. The second-order valence-electron chi connectivity index (χ2n) is 4.69. The van der Waals surface area contributed by atoms with Gasteiger partial charge in [-0.05, 0) is 25.8 Å². The highest BCUT2D eigenvalue weighted by Gasteiger charge is 2.11. The zero-order chi connectivity index (χ0) is 12.1. The van der Waals surface area contributed by atoms with Crippen LogP contribution in [0.25, 0.3) is 0 Å². The van der Waals surface area contributed by atoms with E-state index >= 15 is 0 Å². The summed E-state index contributed by atoms with van der Waals surface area (Å²) in [4.78, 5) is 0. The Morgan fingerprint density at radius 1 is 1.25 bits per heavy atom. The molecule has 0 aliphatic carbocycles. The molecule has 1 aromatic heterocycles. The minimum Gasteiger partial charge on any atom is -0.312 e. The van der Waals surface area contributed by atoms with Gasteiger partial charge in [0, 0.05) is 18.3 Å². The molecule has 3 nitrogen and oxygen atoms in total. The van der Waals surface area contributed by atoms with Crippen LogP contribution >= 0.6 is 0 Å². The van der Waals surface area contributed by atoms with Crippen molar-refractivity contribution in [1.29, 1.82) is 0 Å². The van der Waals surface area contributed by atoms with Crippen LogP contribution in [0, 0.1) is 0 Å². The summed E-state index contributed by atoms with van der Waals surface area (Å²) in [7, 11) is 0. The van der Waals surface area contributed by atoms with Crippen LogP contribution in [0.5, 0.6) is 0 Å². The summed E-state index contributed by atoms with van der Waals surface area (Å²) < 4.78 is 2.17. The molecular formula is C13H25N3. The van der Waals surface area contributed by atoms with Crippen LogP contribution in [-0.4, -0.2) is 22.4 Å². The number of nitrogens with one attached hydrogen (secondary N) is 1. The van der Waals surface area contributed by atoms with Gasteiger partial charge in [0.1, 0.15) is 0 Å². The first-order chi connectivity index (χ1) is 7.58. The smallest absolute Gasteiger partial charge is 0.0624 e. The van der Waals surface area contributed by atoms with Crippen LogP contribution in [0.1, 0.15) is 52.0 Å². The third-order valence-corrected chi connectivity index (χ3v) is 2.83. The Labute approximate surface area is 99.2 Å². The first-order valence-electron chi connectivity index (χ1n) is 6.39. The fourth-order valence-electron chi connectivity index (χ4n) is 1.80. The maximum Gasteiger partial charge on any atom is 0.0624 e. The lowest BCUT2D eigenvalue weighted by Gasteiger charge is -2.17. The number of nitrogens with zero attached hydrogens (tertiary/aromatic N) is 2. The van der Waals surface area contributed by atoms with Crippen molar-refractivity contribution in [2.24, 2.45) is 0 Å². The van der Waals surface area contributed by atoms with E-state index in [4.69, 9.17) is 0 Å². The number of rotatable bonds is 6. The molecular weight excluding hydrogens is 198 g/mol. The average molecular weight is 223 g/mol. The molecule has 1 heterocycles. The Morgan fingerprint density at radius 2 is 1.94 bits per heavy atom. The van der Waals surface area contributed by atoms with Crippen LogP contribution in [0.3, 0.4) is 0 Å². The van der Waals surface area contributed by atoms with Gasteiger partial charge in [0.2, 0.25) is 0 Å². The van der Waals surface area contributed by atoms with Gasteiger partial charge in [-0.1, -0.05) is 27.7 Å². The molecule has 0 saturated heterocycles. The molecule has 0 aromatic carbocycles. The van der Waals surface area contributed by atoms with E-state index in [1.54, 1.807) is 0 Å². The van der Waals surface area contributed by atoms with Gasteiger partial charge in [0.25, 0.3) is 0 Å². The van der Waals surface area contributed by atoms with Gasteiger partial charge in [0.05, 0.1) is 11.7 Å². The summed E-state index contributed by atoms with van der Waals surface area (Å²) in [6.07, 6.45) is 2.07. The second kappa shape index (κ2) is 6.04. The molecule has 0 bridgehead atoms. The van der Waals surface area contributed by atoms with Crippen molar-refractivity contribution in [3.8, 4) is 0 Å². The highest BCUT2D eigenvalue weighted by atomic mass is 15.3. The van der Waals surface area contributed by atoms with E-state index in [9.17, 15) is 0 Å². The van der Waals surface area contributed by atoms with Crippen molar-refractivity contribution in [3.63, 3.8) is 0 Å². The normalized spacial score (nSPS) is 13.4. The molecule has 1 aromatic rings. The molecule has 0 spiro atoms. The summed E-state index contributed by atoms with van der Waals surface area (Å²) >= 11 is 0. The van der Waals surface area contributed by atoms with Crippen LogP contribution in [0.2, 0.25) is 0 Å². The Kier molecular flexibility index (Phi) is 5.00. The molecule has 0 aliphatic rings. The van der Waals surface area contributed by atoms with Crippen molar-refractivity contribution >= 4 is 0 Å². The quantitative estimate of drug-likeness (QED) is 0.803.